The fourth-order valence-electron chi connectivity index (χ4n) is 1.13. The zero-order chi connectivity index (χ0) is 12.1. The molecule has 1 rings (SSSR count). The number of ether oxygens (including phenoxy) is 1. The first-order chi connectivity index (χ1) is 7.58. The number of anilines is 1. The summed E-state index contributed by atoms with van der Waals surface area (Å²) < 4.78 is 5.63. The molecule has 0 bridgehead atoms. The van der Waals surface area contributed by atoms with Gasteiger partial charge in [0.25, 0.3) is 5.91 Å². The molecule has 0 aliphatic rings. The quantitative estimate of drug-likeness (QED) is 0.724. The van der Waals surface area contributed by atoms with Crippen LogP contribution in [0.25, 0.3) is 0 Å². The highest BCUT2D eigenvalue weighted by molar-refractivity contribution is 9.10. The van der Waals surface area contributed by atoms with Crippen molar-refractivity contribution in [2.45, 2.75) is 6.10 Å². The topological polar surface area (TPSA) is 84.6 Å². The van der Waals surface area contributed by atoms with Gasteiger partial charge >= 0.3 is 0 Å². The lowest BCUT2D eigenvalue weighted by atomic mass is 10.2. The van der Waals surface area contributed by atoms with Gasteiger partial charge < -0.3 is 20.9 Å². The van der Waals surface area contributed by atoms with E-state index in [4.69, 9.17) is 10.5 Å². The molecule has 88 valence electrons. The standard InChI is InChI=1S/C10H13BrN2O3/c1-16-9(5-12)10(15)13-7-4-6(11)2-3-8(7)14/h2-4,9,14H,5,12H2,1H3,(H,13,15). The van der Waals surface area contributed by atoms with Crippen LogP contribution in [0, 0.1) is 0 Å². The molecule has 1 unspecified atom stereocenters. The van der Waals surface area contributed by atoms with Crippen molar-refractivity contribution in [2.75, 3.05) is 19.0 Å². The van der Waals surface area contributed by atoms with Crippen molar-refractivity contribution in [2.24, 2.45) is 5.73 Å². The summed E-state index contributed by atoms with van der Waals surface area (Å²) in [6.45, 7) is 0.0805. The van der Waals surface area contributed by atoms with Gasteiger partial charge in [-0.25, -0.2) is 0 Å². The number of carbonyl (C=O) groups is 1. The van der Waals surface area contributed by atoms with Gasteiger partial charge in [0, 0.05) is 18.1 Å². The van der Waals surface area contributed by atoms with E-state index in [2.05, 4.69) is 21.2 Å². The monoisotopic (exact) mass is 288 g/mol. The van der Waals surface area contributed by atoms with E-state index >= 15 is 0 Å². The number of nitrogens with one attached hydrogen (secondary N) is 1. The van der Waals surface area contributed by atoms with Gasteiger partial charge in [-0.2, -0.15) is 0 Å². The Morgan fingerprint density at radius 1 is 1.69 bits per heavy atom. The van der Waals surface area contributed by atoms with E-state index in [9.17, 15) is 9.90 Å². The lowest BCUT2D eigenvalue weighted by molar-refractivity contribution is -0.125. The van der Waals surface area contributed by atoms with Crippen molar-refractivity contribution < 1.29 is 14.6 Å². The van der Waals surface area contributed by atoms with Crippen LogP contribution in [0.4, 0.5) is 5.69 Å². The summed E-state index contributed by atoms with van der Waals surface area (Å²) in [6.07, 6.45) is -0.724. The summed E-state index contributed by atoms with van der Waals surface area (Å²) in [4.78, 5) is 11.6. The lowest BCUT2D eigenvalue weighted by Gasteiger charge is -2.13. The summed E-state index contributed by atoms with van der Waals surface area (Å²) in [7, 11) is 1.40. The van der Waals surface area contributed by atoms with Crippen LogP contribution in [-0.4, -0.2) is 30.8 Å². The molecule has 0 saturated carbocycles. The molecule has 4 N–H and O–H groups in total. The molecule has 0 aliphatic heterocycles. The van der Waals surface area contributed by atoms with Gasteiger partial charge in [0.2, 0.25) is 0 Å². The highest BCUT2D eigenvalue weighted by Crippen LogP contribution is 2.26. The Labute approximate surface area is 102 Å². The number of hydrogen-bond acceptors (Lipinski definition) is 4. The normalized spacial score (nSPS) is 12.2. The molecule has 0 fully saturated rings. The second kappa shape index (κ2) is 5.83. The van der Waals surface area contributed by atoms with Crippen LogP contribution in [0.1, 0.15) is 0 Å². The number of benzene rings is 1. The highest BCUT2D eigenvalue weighted by atomic mass is 79.9. The minimum Gasteiger partial charge on any atom is -0.506 e. The second-order valence-electron chi connectivity index (χ2n) is 3.11. The molecule has 0 aromatic heterocycles. The van der Waals surface area contributed by atoms with E-state index in [0.29, 0.717) is 5.69 Å². The molecular formula is C10H13BrN2O3. The summed E-state index contributed by atoms with van der Waals surface area (Å²) in [5, 5.41) is 12.0. The summed E-state index contributed by atoms with van der Waals surface area (Å²) >= 11 is 3.24. The first-order valence-electron chi connectivity index (χ1n) is 4.60. The molecule has 0 spiro atoms. The van der Waals surface area contributed by atoms with Gasteiger partial charge in [-0.3, -0.25) is 4.79 Å². The van der Waals surface area contributed by atoms with Crippen LogP contribution in [0.5, 0.6) is 5.75 Å². The number of methoxy groups -OCH3 is 1. The molecule has 0 aliphatic carbocycles. The molecule has 0 radical (unpaired) electrons. The average Bonchev–Trinajstić information content (AvgIpc) is 2.25. The number of nitrogens with two attached hydrogens (primary N) is 1. The smallest absolute Gasteiger partial charge is 0.254 e. The van der Waals surface area contributed by atoms with Gasteiger partial charge in [0.15, 0.2) is 0 Å². The molecule has 0 saturated heterocycles. The summed E-state index contributed by atoms with van der Waals surface area (Å²) in [5.74, 6) is -0.401. The predicted octanol–water partition coefficient (Wildman–Crippen LogP) is 1.07. The Morgan fingerprint density at radius 3 is 2.94 bits per heavy atom. The number of aromatic hydroxyl groups is 1. The lowest BCUT2D eigenvalue weighted by Crippen LogP contribution is -2.35. The number of phenolic OH excluding ortho intramolecular Hbond substituents is 1. The zero-order valence-corrected chi connectivity index (χ0v) is 10.3. The number of phenols is 1. The van der Waals surface area contributed by atoms with Crippen LogP contribution >= 0.6 is 15.9 Å². The van der Waals surface area contributed by atoms with E-state index < -0.39 is 12.0 Å². The molecule has 1 amide bonds. The average molecular weight is 289 g/mol. The second-order valence-corrected chi connectivity index (χ2v) is 4.03. The Bertz CT molecular complexity index is 380. The van der Waals surface area contributed by atoms with Crippen molar-refractivity contribution in [3.8, 4) is 5.75 Å². The fraction of sp³-hybridized carbons (Fsp3) is 0.300. The molecule has 6 heteroatoms. The third-order valence-electron chi connectivity index (χ3n) is 2.01. The van der Waals surface area contributed by atoms with Crippen LogP contribution in [0.2, 0.25) is 0 Å². The maximum Gasteiger partial charge on any atom is 0.254 e. The van der Waals surface area contributed by atoms with Gasteiger partial charge in [0.05, 0.1) is 5.69 Å². The minimum absolute atomic E-state index is 0.0107. The fourth-order valence-corrected chi connectivity index (χ4v) is 1.49. The van der Waals surface area contributed by atoms with Crippen LogP contribution < -0.4 is 11.1 Å². The molecule has 5 nitrogen and oxygen atoms in total. The number of halogens is 1. The number of amides is 1. The highest BCUT2D eigenvalue weighted by Gasteiger charge is 2.17. The summed E-state index contributed by atoms with van der Waals surface area (Å²) in [6, 6.07) is 4.74. The molecule has 16 heavy (non-hydrogen) atoms. The van der Waals surface area contributed by atoms with Crippen LogP contribution in [0.3, 0.4) is 0 Å². The molecule has 1 aromatic rings. The van der Waals surface area contributed by atoms with Gasteiger partial charge in [-0.1, -0.05) is 15.9 Å². The number of hydrogen-bond donors (Lipinski definition) is 3. The third kappa shape index (κ3) is 3.19. The van der Waals surface area contributed by atoms with E-state index in [1.54, 1.807) is 12.1 Å². The van der Waals surface area contributed by atoms with Crippen LogP contribution in [-0.2, 0) is 9.53 Å². The predicted molar refractivity (Wildman–Crippen MR) is 64.3 cm³/mol. The summed E-state index contributed by atoms with van der Waals surface area (Å²) in [5.41, 5.74) is 5.66. The Kier molecular flexibility index (Phi) is 4.72. The van der Waals surface area contributed by atoms with E-state index in [-0.39, 0.29) is 12.3 Å². The molecule has 1 aromatic carbocycles. The van der Waals surface area contributed by atoms with Crippen molar-refractivity contribution in [1.82, 2.24) is 0 Å². The van der Waals surface area contributed by atoms with Gasteiger partial charge in [-0.05, 0) is 18.2 Å². The van der Waals surface area contributed by atoms with E-state index in [1.165, 1.54) is 13.2 Å². The Balaban J connectivity index is 2.80. The molecular weight excluding hydrogens is 276 g/mol. The van der Waals surface area contributed by atoms with Crippen molar-refractivity contribution in [1.29, 1.82) is 0 Å². The number of rotatable bonds is 4. The zero-order valence-electron chi connectivity index (χ0n) is 8.74. The van der Waals surface area contributed by atoms with Crippen molar-refractivity contribution in [3.05, 3.63) is 22.7 Å². The van der Waals surface area contributed by atoms with Crippen molar-refractivity contribution in [3.63, 3.8) is 0 Å². The van der Waals surface area contributed by atoms with Gasteiger partial charge in [-0.15, -0.1) is 0 Å². The third-order valence-corrected chi connectivity index (χ3v) is 2.50. The van der Waals surface area contributed by atoms with Gasteiger partial charge in [0.1, 0.15) is 11.9 Å². The van der Waals surface area contributed by atoms with E-state index in [0.717, 1.165) is 4.47 Å². The maximum absolute atomic E-state index is 11.6. The van der Waals surface area contributed by atoms with E-state index in [1.807, 2.05) is 0 Å². The molecule has 0 heterocycles. The van der Waals surface area contributed by atoms with Crippen LogP contribution in [0.15, 0.2) is 22.7 Å². The maximum atomic E-state index is 11.6. The number of carbonyl (C=O) groups excluding carboxylic acids is 1. The van der Waals surface area contributed by atoms with Crippen molar-refractivity contribution >= 4 is 27.5 Å². The first kappa shape index (κ1) is 13.0. The minimum atomic E-state index is -0.724. The Hall–Kier alpha value is -1.11. The first-order valence-corrected chi connectivity index (χ1v) is 5.40. The largest absolute Gasteiger partial charge is 0.506 e. The SMILES string of the molecule is COC(CN)C(=O)Nc1cc(Br)ccc1O. The Morgan fingerprint density at radius 2 is 2.38 bits per heavy atom. The molecule has 1 atom stereocenters.